The standard InChI is InChI=1S/C24H23N3O4S/c1-14-20(23(28)31-24(3,4)16-8-6-5-7-9-16)21(22(27(29)30)15(2)26-14)18-13-32-19-10-11-25-12-17(18)19/h5-13,21,26H,1-4H3. The summed E-state index contributed by atoms with van der Waals surface area (Å²) < 4.78 is 6.89. The van der Waals surface area contributed by atoms with Crippen molar-refractivity contribution < 1.29 is 14.5 Å². The number of hydrogen-bond acceptors (Lipinski definition) is 7. The van der Waals surface area contributed by atoms with E-state index in [-0.39, 0.29) is 11.3 Å². The van der Waals surface area contributed by atoms with Crippen LogP contribution >= 0.6 is 11.3 Å². The number of dihydropyridines is 1. The number of hydrogen-bond donors (Lipinski definition) is 1. The predicted molar refractivity (Wildman–Crippen MR) is 123 cm³/mol. The number of carbonyl (C=O) groups is 1. The highest BCUT2D eigenvalue weighted by molar-refractivity contribution is 7.17. The van der Waals surface area contributed by atoms with E-state index in [9.17, 15) is 14.9 Å². The third-order valence-corrected chi connectivity index (χ3v) is 6.66. The molecule has 32 heavy (non-hydrogen) atoms. The van der Waals surface area contributed by atoms with Crippen LogP contribution in [-0.2, 0) is 15.1 Å². The molecule has 8 heteroatoms. The second-order valence-corrected chi connectivity index (χ2v) is 9.10. The number of ether oxygens (including phenoxy) is 1. The normalized spacial score (nSPS) is 16.8. The number of nitro groups is 1. The maximum Gasteiger partial charge on any atom is 0.337 e. The molecule has 1 aliphatic heterocycles. The molecule has 3 aromatic rings. The van der Waals surface area contributed by atoms with Gasteiger partial charge in [-0.25, -0.2) is 4.79 Å². The number of nitrogens with zero attached hydrogens (tertiary/aromatic N) is 2. The Balaban J connectivity index is 1.82. The first-order chi connectivity index (χ1) is 15.2. The molecule has 0 amide bonds. The van der Waals surface area contributed by atoms with Crippen molar-refractivity contribution in [3.63, 3.8) is 0 Å². The van der Waals surface area contributed by atoms with E-state index in [0.717, 1.165) is 15.6 Å². The van der Waals surface area contributed by atoms with Crippen LogP contribution in [0.3, 0.4) is 0 Å². The maximum absolute atomic E-state index is 13.5. The Hall–Kier alpha value is -3.52. The molecule has 3 heterocycles. The SMILES string of the molecule is CC1=C(C(=O)OC(C)(C)c2ccccc2)C(c2csc3ccncc23)C([N+](=O)[O-])=C(C)N1. The van der Waals surface area contributed by atoms with E-state index in [1.165, 1.54) is 11.3 Å². The number of carbonyl (C=O) groups excluding carboxylic acids is 1. The number of rotatable bonds is 5. The van der Waals surface area contributed by atoms with E-state index in [0.29, 0.717) is 17.0 Å². The van der Waals surface area contributed by atoms with E-state index in [2.05, 4.69) is 10.3 Å². The number of pyridine rings is 1. The Morgan fingerprint density at radius 1 is 1.19 bits per heavy atom. The van der Waals surface area contributed by atoms with E-state index in [1.807, 2.05) is 41.8 Å². The van der Waals surface area contributed by atoms with Crippen LogP contribution in [0.15, 0.2) is 76.8 Å². The van der Waals surface area contributed by atoms with Crippen molar-refractivity contribution in [3.05, 3.63) is 98.1 Å². The molecule has 164 valence electrons. The van der Waals surface area contributed by atoms with Gasteiger partial charge in [0.1, 0.15) is 11.5 Å². The zero-order chi connectivity index (χ0) is 23.0. The highest BCUT2D eigenvalue weighted by atomic mass is 32.1. The van der Waals surface area contributed by atoms with Gasteiger partial charge in [0.25, 0.3) is 5.70 Å². The minimum Gasteiger partial charge on any atom is -0.451 e. The average Bonchev–Trinajstić information content (AvgIpc) is 3.17. The summed E-state index contributed by atoms with van der Waals surface area (Å²) in [5, 5.41) is 17.8. The van der Waals surface area contributed by atoms with Crippen LogP contribution in [0.1, 0.15) is 44.7 Å². The van der Waals surface area contributed by atoms with Crippen molar-refractivity contribution >= 4 is 27.4 Å². The zero-order valence-electron chi connectivity index (χ0n) is 18.2. The van der Waals surface area contributed by atoms with Crippen molar-refractivity contribution in [2.75, 3.05) is 0 Å². The summed E-state index contributed by atoms with van der Waals surface area (Å²) in [7, 11) is 0. The lowest BCUT2D eigenvalue weighted by molar-refractivity contribution is -0.431. The second kappa shape index (κ2) is 8.20. The quantitative estimate of drug-likeness (QED) is 0.325. The molecule has 1 aliphatic rings. The Morgan fingerprint density at radius 2 is 1.91 bits per heavy atom. The summed E-state index contributed by atoms with van der Waals surface area (Å²) in [5.41, 5.74) is 1.69. The van der Waals surface area contributed by atoms with Crippen LogP contribution < -0.4 is 5.32 Å². The predicted octanol–water partition coefficient (Wildman–Crippen LogP) is 5.24. The lowest BCUT2D eigenvalue weighted by Crippen LogP contribution is -2.34. The van der Waals surface area contributed by atoms with Gasteiger partial charge >= 0.3 is 5.97 Å². The fourth-order valence-corrected chi connectivity index (χ4v) is 5.05. The first kappa shape index (κ1) is 21.7. The van der Waals surface area contributed by atoms with Gasteiger partial charge < -0.3 is 10.1 Å². The van der Waals surface area contributed by atoms with E-state index >= 15 is 0 Å². The average molecular weight is 450 g/mol. The molecule has 1 N–H and O–H groups in total. The molecule has 1 unspecified atom stereocenters. The molecule has 4 rings (SSSR count). The number of aromatic nitrogens is 1. The molecular formula is C24H23N3O4S. The number of fused-ring (bicyclic) bond motifs is 1. The molecule has 0 aliphatic carbocycles. The van der Waals surface area contributed by atoms with Crippen LogP contribution in [0, 0.1) is 10.1 Å². The largest absolute Gasteiger partial charge is 0.451 e. The summed E-state index contributed by atoms with van der Waals surface area (Å²) in [6.07, 6.45) is 3.36. The Bertz CT molecular complexity index is 1270. The minimum absolute atomic E-state index is 0.0661. The number of allylic oxidation sites excluding steroid dienone is 3. The highest BCUT2D eigenvalue weighted by Gasteiger charge is 2.43. The third-order valence-electron chi connectivity index (χ3n) is 5.67. The van der Waals surface area contributed by atoms with Crippen molar-refractivity contribution in [2.24, 2.45) is 0 Å². The number of thiophene rings is 1. The first-order valence-corrected chi connectivity index (χ1v) is 11.0. The molecule has 7 nitrogen and oxygen atoms in total. The molecule has 0 bridgehead atoms. The smallest absolute Gasteiger partial charge is 0.337 e. The van der Waals surface area contributed by atoms with Gasteiger partial charge in [-0.2, -0.15) is 0 Å². The minimum atomic E-state index is -0.917. The van der Waals surface area contributed by atoms with Crippen molar-refractivity contribution in [1.29, 1.82) is 0 Å². The fraction of sp³-hybridized carbons (Fsp3) is 0.250. The van der Waals surface area contributed by atoms with Gasteiger partial charge in [0, 0.05) is 28.2 Å². The van der Waals surface area contributed by atoms with Crippen molar-refractivity contribution in [3.8, 4) is 0 Å². The van der Waals surface area contributed by atoms with Gasteiger partial charge in [-0.1, -0.05) is 30.3 Å². The molecule has 1 aromatic carbocycles. The van der Waals surface area contributed by atoms with Crippen LogP contribution in [-0.4, -0.2) is 15.9 Å². The van der Waals surface area contributed by atoms with E-state index in [1.54, 1.807) is 40.1 Å². The lowest BCUT2D eigenvalue weighted by atomic mass is 9.84. The summed E-state index contributed by atoms with van der Waals surface area (Å²) in [4.78, 5) is 29.4. The molecule has 0 spiro atoms. The van der Waals surface area contributed by atoms with Crippen LogP contribution in [0.2, 0.25) is 0 Å². The van der Waals surface area contributed by atoms with Gasteiger partial charge in [-0.05, 0) is 50.3 Å². The van der Waals surface area contributed by atoms with Crippen molar-refractivity contribution in [1.82, 2.24) is 10.3 Å². The van der Waals surface area contributed by atoms with Crippen LogP contribution in [0.5, 0.6) is 0 Å². The summed E-state index contributed by atoms with van der Waals surface area (Å²) in [6.45, 7) is 7.01. The third kappa shape index (κ3) is 3.78. The van der Waals surface area contributed by atoms with Gasteiger partial charge in [0.15, 0.2) is 0 Å². The van der Waals surface area contributed by atoms with Gasteiger partial charge in [0.2, 0.25) is 0 Å². The Labute approximate surface area is 189 Å². The molecule has 0 fully saturated rings. The van der Waals surface area contributed by atoms with E-state index in [4.69, 9.17) is 4.74 Å². The molecule has 0 radical (unpaired) electrons. The summed E-state index contributed by atoms with van der Waals surface area (Å²) in [5.74, 6) is -1.47. The van der Waals surface area contributed by atoms with Crippen LogP contribution in [0.4, 0.5) is 0 Å². The summed E-state index contributed by atoms with van der Waals surface area (Å²) >= 11 is 1.47. The van der Waals surface area contributed by atoms with Gasteiger partial charge in [0.05, 0.1) is 16.2 Å². The Kier molecular flexibility index (Phi) is 5.56. The van der Waals surface area contributed by atoms with Gasteiger partial charge in [-0.3, -0.25) is 15.1 Å². The van der Waals surface area contributed by atoms with Gasteiger partial charge in [-0.15, -0.1) is 11.3 Å². The number of esters is 1. The monoisotopic (exact) mass is 449 g/mol. The first-order valence-electron chi connectivity index (χ1n) is 10.1. The van der Waals surface area contributed by atoms with Crippen LogP contribution in [0.25, 0.3) is 10.1 Å². The maximum atomic E-state index is 13.5. The lowest BCUT2D eigenvalue weighted by Gasteiger charge is -2.30. The molecule has 0 saturated heterocycles. The second-order valence-electron chi connectivity index (χ2n) is 8.19. The fourth-order valence-electron chi connectivity index (χ4n) is 4.10. The topological polar surface area (TPSA) is 94.4 Å². The molecule has 0 saturated carbocycles. The number of benzene rings is 1. The van der Waals surface area contributed by atoms with E-state index < -0.39 is 22.4 Å². The highest BCUT2D eigenvalue weighted by Crippen LogP contribution is 2.44. The van der Waals surface area contributed by atoms with Crippen molar-refractivity contribution in [2.45, 2.75) is 39.2 Å². The summed E-state index contributed by atoms with van der Waals surface area (Å²) in [6, 6.07) is 11.3. The zero-order valence-corrected chi connectivity index (χ0v) is 19.0. The molecular weight excluding hydrogens is 426 g/mol. The Morgan fingerprint density at radius 3 is 2.59 bits per heavy atom. The molecule has 1 atom stereocenters. The number of nitrogens with one attached hydrogen (secondary N) is 1. The molecule has 2 aromatic heterocycles.